The van der Waals surface area contributed by atoms with Crippen molar-refractivity contribution in [3.05, 3.63) is 23.7 Å². The molecule has 0 radical (unpaired) electrons. The molecule has 6 heteroatoms. The van der Waals surface area contributed by atoms with Crippen molar-refractivity contribution in [1.29, 1.82) is 0 Å². The maximum atomic E-state index is 12.6. The van der Waals surface area contributed by atoms with Crippen molar-refractivity contribution in [1.82, 2.24) is 9.88 Å². The van der Waals surface area contributed by atoms with Crippen LogP contribution in [0.5, 0.6) is 0 Å². The number of aromatic nitrogens is 1. The molecule has 0 spiro atoms. The van der Waals surface area contributed by atoms with E-state index in [1.54, 1.807) is 11.3 Å². The second-order valence-corrected chi connectivity index (χ2v) is 6.81. The van der Waals surface area contributed by atoms with E-state index in [1.807, 2.05) is 28.6 Å². The van der Waals surface area contributed by atoms with Crippen molar-refractivity contribution < 1.29 is 9.53 Å². The molecule has 1 aromatic carbocycles. The highest BCUT2D eigenvalue weighted by Gasteiger charge is 2.36. The third-order valence-corrected chi connectivity index (χ3v) is 5.35. The molecule has 116 valence electrons. The zero-order valence-electron chi connectivity index (χ0n) is 12.3. The first-order valence-corrected chi connectivity index (χ1v) is 8.72. The summed E-state index contributed by atoms with van der Waals surface area (Å²) < 4.78 is 6.92. The quantitative estimate of drug-likeness (QED) is 0.922. The molecule has 1 aromatic heterocycles. The van der Waals surface area contributed by atoms with Crippen LogP contribution in [0, 0.1) is 0 Å². The molecule has 1 N–H and O–H groups in total. The number of anilines is 1. The molecule has 2 atom stereocenters. The first kappa shape index (κ1) is 14.0. The van der Waals surface area contributed by atoms with Gasteiger partial charge in [0.25, 0.3) is 0 Å². The van der Waals surface area contributed by atoms with Crippen LogP contribution in [0.15, 0.2) is 23.7 Å². The smallest absolute Gasteiger partial charge is 0.322 e. The Labute approximate surface area is 133 Å². The highest BCUT2D eigenvalue weighted by molar-refractivity contribution is 7.16. The molecule has 2 unspecified atom stereocenters. The predicted molar refractivity (Wildman–Crippen MR) is 87.3 cm³/mol. The van der Waals surface area contributed by atoms with Gasteiger partial charge in [0.2, 0.25) is 0 Å². The van der Waals surface area contributed by atoms with E-state index >= 15 is 0 Å². The number of ether oxygens (including phenoxy) is 1. The first-order valence-electron chi connectivity index (χ1n) is 7.84. The lowest BCUT2D eigenvalue weighted by molar-refractivity contribution is 0.0543. The molecule has 4 rings (SSSR count). The van der Waals surface area contributed by atoms with Crippen molar-refractivity contribution in [3.63, 3.8) is 0 Å². The number of amides is 2. The van der Waals surface area contributed by atoms with Gasteiger partial charge in [-0.15, -0.1) is 11.3 Å². The van der Waals surface area contributed by atoms with Gasteiger partial charge in [0.15, 0.2) is 0 Å². The third-order valence-electron chi connectivity index (χ3n) is 4.54. The average molecular weight is 317 g/mol. The number of likely N-dealkylation sites (tertiary alicyclic amines) is 1. The van der Waals surface area contributed by atoms with E-state index in [2.05, 4.69) is 10.3 Å². The number of benzene rings is 1. The predicted octanol–water partition coefficient (Wildman–Crippen LogP) is 3.47. The number of urea groups is 1. The molecule has 3 heterocycles. The monoisotopic (exact) mass is 317 g/mol. The molecule has 2 aliphatic heterocycles. The largest absolute Gasteiger partial charge is 0.376 e. The van der Waals surface area contributed by atoms with Crippen LogP contribution >= 0.6 is 11.3 Å². The average Bonchev–Trinajstić information content (AvgIpc) is 3.26. The Balaban J connectivity index is 1.48. The fourth-order valence-electron chi connectivity index (χ4n) is 3.47. The molecule has 22 heavy (non-hydrogen) atoms. The molecule has 5 nitrogen and oxygen atoms in total. The fraction of sp³-hybridized carbons (Fsp3) is 0.500. The van der Waals surface area contributed by atoms with Crippen LogP contribution in [-0.4, -0.2) is 41.2 Å². The molecule has 0 aliphatic carbocycles. The number of carbonyl (C=O) groups excluding carboxylic acids is 1. The molecule has 0 bridgehead atoms. The Bertz CT molecular complexity index is 681. The summed E-state index contributed by atoms with van der Waals surface area (Å²) in [7, 11) is 0. The van der Waals surface area contributed by atoms with Crippen LogP contribution in [0.4, 0.5) is 10.5 Å². The summed E-state index contributed by atoms with van der Waals surface area (Å²) in [4.78, 5) is 18.8. The number of fused-ring (bicyclic) bond motifs is 1. The van der Waals surface area contributed by atoms with Crippen molar-refractivity contribution in [3.8, 4) is 0 Å². The summed E-state index contributed by atoms with van der Waals surface area (Å²) >= 11 is 1.61. The molecule has 2 fully saturated rings. The molecule has 0 saturated carbocycles. The Hall–Kier alpha value is -1.66. The van der Waals surface area contributed by atoms with Gasteiger partial charge in [-0.05, 0) is 43.9 Å². The van der Waals surface area contributed by atoms with E-state index in [0.717, 1.165) is 54.7 Å². The van der Waals surface area contributed by atoms with Gasteiger partial charge in [-0.3, -0.25) is 0 Å². The lowest BCUT2D eigenvalue weighted by Crippen LogP contribution is -2.44. The zero-order chi connectivity index (χ0) is 14.9. The number of carbonyl (C=O) groups is 1. The van der Waals surface area contributed by atoms with Crippen molar-refractivity contribution >= 4 is 33.3 Å². The number of nitrogens with zero attached hydrogens (tertiary/aromatic N) is 2. The van der Waals surface area contributed by atoms with Crippen molar-refractivity contribution in [2.75, 3.05) is 18.5 Å². The van der Waals surface area contributed by atoms with E-state index in [9.17, 15) is 4.79 Å². The molecule has 2 aliphatic rings. The van der Waals surface area contributed by atoms with Crippen LogP contribution in [-0.2, 0) is 4.74 Å². The summed E-state index contributed by atoms with van der Waals surface area (Å²) in [6.07, 6.45) is 4.50. The Morgan fingerprint density at radius 3 is 3.18 bits per heavy atom. The van der Waals surface area contributed by atoms with E-state index in [4.69, 9.17) is 4.74 Å². The Kier molecular flexibility index (Phi) is 3.72. The van der Waals surface area contributed by atoms with Crippen LogP contribution in [0.2, 0.25) is 0 Å². The second kappa shape index (κ2) is 5.85. The normalized spacial score (nSPS) is 25.0. The SMILES string of the molecule is O=C(Nc1ccc2scnc2c1)N1CCCC1C1CCCO1. The van der Waals surface area contributed by atoms with Gasteiger partial charge in [0.05, 0.1) is 27.9 Å². The summed E-state index contributed by atoms with van der Waals surface area (Å²) in [5.74, 6) is 0. The van der Waals surface area contributed by atoms with Crippen molar-refractivity contribution in [2.24, 2.45) is 0 Å². The highest BCUT2D eigenvalue weighted by atomic mass is 32.1. The highest BCUT2D eigenvalue weighted by Crippen LogP contribution is 2.29. The van der Waals surface area contributed by atoms with Crippen LogP contribution in [0.25, 0.3) is 10.2 Å². The molecule has 2 saturated heterocycles. The minimum absolute atomic E-state index is 0.0208. The first-order chi connectivity index (χ1) is 10.8. The van der Waals surface area contributed by atoms with E-state index in [0.29, 0.717) is 0 Å². The van der Waals surface area contributed by atoms with Crippen molar-refractivity contribution in [2.45, 2.75) is 37.8 Å². The van der Waals surface area contributed by atoms with Gasteiger partial charge in [-0.2, -0.15) is 0 Å². The number of nitrogens with one attached hydrogen (secondary N) is 1. The zero-order valence-corrected chi connectivity index (χ0v) is 13.1. The van der Waals surface area contributed by atoms with Gasteiger partial charge >= 0.3 is 6.03 Å². The van der Waals surface area contributed by atoms with Crippen LogP contribution in [0.3, 0.4) is 0 Å². The van der Waals surface area contributed by atoms with E-state index in [-0.39, 0.29) is 18.2 Å². The lowest BCUT2D eigenvalue weighted by atomic mass is 10.1. The van der Waals surface area contributed by atoms with Gasteiger partial charge in [-0.1, -0.05) is 0 Å². The number of hydrogen-bond donors (Lipinski definition) is 1. The minimum atomic E-state index is -0.0208. The standard InChI is InChI=1S/C16H19N3O2S/c20-16(18-11-5-6-15-12(9-11)17-10-22-15)19-7-1-3-13(19)14-4-2-8-21-14/h5-6,9-10,13-14H,1-4,7-8H2,(H,18,20). The van der Waals surface area contributed by atoms with Gasteiger partial charge in [0, 0.05) is 18.8 Å². The number of thiazole rings is 1. The molecular formula is C16H19N3O2S. The van der Waals surface area contributed by atoms with Crippen LogP contribution < -0.4 is 5.32 Å². The summed E-state index contributed by atoms with van der Waals surface area (Å²) in [6, 6.07) is 6.08. The number of hydrogen-bond acceptors (Lipinski definition) is 4. The topological polar surface area (TPSA) is 54.5 Å². The van der Waals surface area contributed by atoms with E-state index < -0.39 is 0 Å². The Morgan fingerprint density at radius 1 is 1.36 bits per heavy atom. The molecule has 2 amide bonds. The van der Waals surface area contributed by atoms with Crippen LogP contribution in [0.1, 0.15) is 25.7 Å². The number of rotatable bonds is 2. The second-order valence-electron chi connectivity index (χ2n) is 5.92. The lowest BCUT2D eigenvalue weighted by Gasteiger charge is -2.29. The summed E-state index contributed by atoms with van der Waals surface area (Å²) in [5.41, 5.74) is 3.56. The summed E-state index contributed by atoms with van der Waals surface area (Å²) in [5, 5.41) is 3.02. The van der Waals surface area contributed by atoms with E-state index in [1.165, 1.54) is 0 Å². The van der Waals surface area contributed by atoms with Gasteiger partial charge in [-0.25, -0.2) is 9.78 Å². The molecular weight excluding hydrogens is 298 g/mol. The summed E-state index contributed by atoms with van der Waals surface area (Å²) in [6.45, 7) is 1.65. The minimum Gasteiger partial charge on any atom is -0.376 e. The van der Waals surface area contributed by atoms with Gasteiger partial charge in [0.1, 0.15) is 0 Å². The maximum absolute atomic E-state index is 12.6. The Morgan fingerprint density at radius 2 is 2.32 bits per heavy atom. The fourth-order valence-corrected chi connectivity index (χ4v) is 4.13. The van der Waals surface area contributed by atoms with Gasteiger partial charge < -0.3 is 15.0 Å². The third kappa shape index (κ3) is 2.57. The maximum Gasteiger partial charge on any atom is 0.322 e. The molecule has 2 aromatic rings.